The first-order chi connectivity index (χ1) is 9.48. The lowest BCUT2D eigenvalue weighted by molar-refractivity contribution is -0.119. The van der Waals surface area contributed by atoms with Gasteiger partial charge in [-0.15, -0.1) is 0 Å². The maximum absolute atomic E-state index is 12.6. The predicted molar refractivity (Wildman–Crippen MR) is 71.1 cm³/mol. The van der Waals surface area contributed by atoms with E-state index in [1.54, 1.807) is 13.8 Å². The normalized spacial score (nSPS) is 14.0. The van der Waals surface area contributed by atoms with Crippen molar-refractivity contribution in [3.8, 4) is 0 Å². The van der Waals surface area contributed by atoms with Gasteiger partial charge >= 0.3 is 5.51 Å². The summed E-state index contributed by atoms with van der Waals surface area (Å²) in [6.07, 6.45) is 0. The molecule has 0 aliphatic rings. The molecule has 1 amide bonds. The number of hydrogen-bond donors (Lipinski definition) is 2. The summed E-state index contributed by atoms with van der Waals surface area (Å²) >= 11 is 0. The summed E-state index contributed by atoms with van der Waals surface area (Å²) in [7, 11) is -5.52. The zero-order chi connectivity index (χ0) is 16.4. The number of hydrogen-bond acceptors (Lipinski definition) is 4. The van der Waals surface area contributed by atoms with Crippen LogP contribution in [0.5, 0.6) is 0 Å². The number of carbonyl (C=O) groups excluding carboxylic acids is 1. The van der Waals surface area contributed by atoms with Crippen LogP contribution in [-0.2, 0) is 14.6 Å². The minimum atomic E-state index is -5.52. The Hall–Kier alpha value is -1.77. The molecule has 0 aliphatic carbocycles. The Labute approximate surface area is 120 Å². The molecule has 0 aromatic heterocycles. The minimum Gasteiger partial charge on any atom is -0.372 e. The number of nitrogens with two attached hydrogens (primary N) is 1. The van der Waals surface area contributed by atoms with Crippen LogP contribution in [0.4, 0.5) is 18.9 Å². The van der Waals surface area contributed by atoms with Gasteiger partial charge in [0.15, 0.2) is 0 Å². The second-order valence-corrected chi connectivity index (χ2v) is 6.62. The van der Waals surface area contributed by atoms with Crippen molar-refractivity contribution < 1.29 is 26.4 Å². The number of amides is 1. The van der Waals surface area contributed by atoms with E-state index in [4.69, 9.17) is 5.73 Å². The van der Waals surface area contributed by atoms with Gasteiger partial charge in [-0.3, -0.25) is 4.79 Å². The second-order valence-electron chi connectivity index (χ2n) is 4.71. The smallest absolute Gasteiger partial charge is 0.372 e. The van der Waals surface area contributed by atoms with Crippen LogP contribution in [0, 0.1) is 5.92 Å². The Morgan fingerprint density at radius 1 is 1.24 bits per heavy atom. The molecule has 0 saturated heterocycles. The molecule has 0 spiro atoms. The van der Waals surface area contributed by atoms with E-state index in [2.05, 4.69) is 5.32 Å². The monoisotopic (exact) mass is 324 g/mol. The van der Waals surface area contributed by atoms with Crippen LogP contribution in [0.25, 0.3) is 0 Å². The molecule has 0 bridgehead atoms. The number of alkyl halides is 3. The van der Waals surface area contributed by atoms with Gasteiger partial charge in [-0.25, -0.2) is 8.42 Å². The lowest BCUT2D eigenvalue weighted by Gasteiger charge is -2.22. The van der Waals surface area contributed by atoms with Crippen molar-refractivity contribution in [3.63, 3.8) is 0 Å². The minimum absolute atomic E-state index is 0.313. The number of anilines is 1. The van der Waals surface area contributed by atoms with Gasteiger partial charge in [-0.2, -0.15) is 13.2 Å². The molecule has 0 radical (unpaired) electrons. The van der Waals surface area contributed by atoms with Gasteiger partial charge in [0.05, 0.1) is 10.6 Å². The zero-order valence-corrected chi connectivity index (χ0v) is 12.1. The molecule has 9 heteroatoms. The van der Waals surface area contributed by atoms with E-state index in [0.29, 0.717) is 0 Å². The Balaban J connectivity index is 3.32. The van der Waals surface area contributed by atoms with E-state index in [-0.39, 0.29) is 11.6 Å². The van der Waals surface area contributed by atoms with E-state index in [1.165, 1.54) is 12.1 Å². The largest absolute Gasteiger partial charge is 0.501 e. The summed E-state index contributed by atoms with van der Waals surface area (Å²) in [5.74, 6) is -1.12. The summed E-state index contributed by atoms with van der Waals surface area (Å²) < 4.78 is 61.0. The topological polar surface area (TPSA) is 89.3 Å². The quantitative estimate of drug-likeness (QED) is 0.866. The molecular formula is C12H15F3N2O3S. The molecule has 21 heavy (non-hydrogen) atoms. The number of para-hydroxylation sites is 1. The van der Waals surface area contributed by atoms with Crippen LogP contribution < -0.4 is 11.1 Å². The molecule has 0 aliphatic heterocycles. The van der Waals surface area contributed by atoms with Gasteiger partial charge in [0.2, 0.25) is 5.91 Å². The van der Waals surface area contributed by atoms with E-state index in [0.717, 1.165) is 12.1 Å². The maximum Gasteiger partial charge on any atom is 0.501 e. The lowest BCUT2D eigenvalue weighted by atomic mass is 10.0. The van der Waals surface area contributed by atoms with Gasteiger partial charge in [0.1, 0.15) is 6.04 Å². The Bertz CT molecular complexity index is 627. The standard InChI is InChI=1S/C12H15F3N2O3S/c1-7(2)10(11(16)18)17-8-5-3-4-6-9(8)21(19,20)12(13,14)15/h3-7,10,17H,1-2H3,(H2,16,18). The van der Waals surface area contributed by atoms with Crippen molar-refractivity contribution in [2.75, 3.05) is 5.32 Å². The molecule has 0 fully saturated rings. The highest BCUT2D eigenvalue weighted by atomic mass is 32.2. The maximum atomic E-state index is 12.6. The fraction of sp³-hybridized carbons (Fsp3) is 0.417. The third-order valence-corrected chi connectivity index (χ3v) is 4.31. The zero-order valence-electron chi connectivity index (χ0n) is 11.3. The molecular weight excluding hydrogens is 309 g/mol. The van der Waals surface area contributed by atoms with Gasteiger partial charge in [-0.1, -0.05) is 26.0 Å². The van der Waals surface area contributed by atoms with Crippen molar-refractivity contribution in [2.45, 2.75) is 30.3 Å². The van der Waals surface area contributed by atoms with E-state index in [1.807, 2.05) is 0 Å². The third-order valence-electron chi connectivity index (χ3n) is 2.77. The van der Waals surface area contributed by atoms with Crippen LogP contribution in [0.1, 0.15) is 13.8 Å². The Morgan fingerprint density at radius 2 is 1.76 bits per heavy atom. The molecule has 0 saturated carbocycles. The van der Waals surface area contributed by atoms with Gasteiger partial charge in [0, 0.05) is 0 Å². The van der Waals surface area contributed by atoms with Crippen LogP contribution in [0.3, 0.4) is 0 Å². The van der Waals surface area contributed by atoms with Crippen LogP contribution in [-0.4, -0.2) is 25.9 Å². The van der Waals surface area contributed by atoms with E-state index in [9.17, 15) is 26.4 Å². The lowest BCUT2D eigenvalue weighted by Crippen LogP contribution is -2.40. The SMILES string of the molecule is CC(C)C(Nc1ccccc1S(=O)(=O)C(F)(F)F)C(N)=O. The molecule has 0 heterocycles. The number of halogens is 3. The first-order valence-corrected chi connectivity index (χ1v) is 7.43. The molecule has 1 aromatic rings. The molecule has 1 atom stereocenters. The Kier molecular flexibility index (Phi) is 4.87. The summed E-state index contributed by atoms with van der Waals surface area (Å²) in [6.45, 7) is 3.26. The first-order valence-electron chi connectivity index (χ1n) is 5.94. The van der Waals surface area contributed by atoms with E-state index >= 15 is 0 Å². The van der Waals surface area contributed by atoms with E-state index < -0.39 is 32.2 Å². The average Bonchev–Trinajstić information content (AvgIpc) is 2.34. The fourth-order valence-electron chi connectivity index (χ4n) is 1.68. The van der Waals surface area contributed by atoms with Gasteiger partial charge < -0.3 is 11.1 Å². The molecule has 1 unspecified atom stereocenters. The van der Waals surface area contributed by atoms with Crippen molar-refractivity contribution in [1.82, 2.24) is 0 Å². The number of carbonyl (C=O) groups is 1. The van der Waals surface area contributed by atoms with Crippen LogP contribution in [0.2, 0.25) is 0 Å². The van der Waals surface area contributed by atoms with Crippen molar-refractivity contribution in [2.24, 2.45) is 11.7 Å². The van der Waals surface area contributed by atoms with Crippen molar-refractivity contribution in [1.29, 1.82) is 0 Å². The summed E-state index contributed by atoms with van der Waals surface area (Å²) in [6, 6.07) is 3.50. The first kappa shape index (κ1) is 17.3. The summed E-state index contributed by atoms with van der Waals surface area (Å²) in [5.41, 5.74) is -0.581. The highest BCUT2D eigenvalue weighted by Gasteiger charge is 2.48. The van der Waals surface area contributed by atoms with Crippen molar-refractivity contribution in [3.05, 3.63) is 24.3 Å². The van der Waals surface area contributed by atoms with Crippen LogP contribution in [0.15, 0.2) is 29.2 Å². The Morgan fingerprint density at radius 3 is 2.19 bits per heavy atom. The predicted octanol–water partition coefficient (Wildman–Crippen LogP) is 1.90. The summed E-state index contributed by atoms with van der Waals surface area (Å²) in [5, 5.41) is 2.47. The molecule has 1 aromatic carbocycles. The molecule has 5 nitrogen and oxygen atoms in total. The molecule has 118 valence electrons. The average molecular weight is 324 g/mol. The highest BCUT2D eigenvalue weighted by Crippen LogP contribution is 2.34. The van der Waals surface area contributed by atoms with Gasteiger partial charge in [0.25, 0.3) is 9.84 Å². The fourth-order valence-corrected chi connectivity index (χ4v) is 2.60. The van der Waals surface area contributed by atoms with Crippen LogP contribution >= 0.6 is 0 Å². The number of rotatable bonds is 5. The number of benzene rings is 1. The second kappa shape index (κ2) is 5.92. The highest BCUT2D eigenvalue weighted by molar-refractivity contribution is 7.92. The van der Waals surface area contributed by atoms with Crippen molar-refractivity contribution >= 4 is 21.4 Å². The number of nitrogens with one attached hydrogen (secondary N) is 1. The number of sulfone groups is 1. The number of primary amides is 1. The molecule has 1 rings (SSSR count). The molecule has 3 N–H and O–H groups in total. The summed E-state index contributed by atoms with van der Waals surface area (Å²) in [4.78, 5) is 10.4. The van der Waals surface area contributed by atoms with Gasteiger partial charge in [-0.05, 0) is 18.1 Å². The third kappa shape index (κ3) is 3.66.